The van der Waals surface area contributed by atoms with Crippen LogP contribution in [-0.4, -0.2) is 64.8 Å². The minimum atomic E-state index is -4.90. The van der Waals surface area contributed by atoms with Gasteiger partial charge in [-0.1, -0.05) is 6.07 Å². The molecule has 1 aliphatic rings. The molecule has 0 aliphatic carbocycles. The molecule has 1 aromatic heterocycles. The van der Waals surface area contributed by atoms with Gasteiger partial charge in [0, 0.05) is 24.9 Å². The van der Waals surface area contributed by atoms with Crippen LogP contribution in [0.15, 0.2) is 40.1 Å². The van der Waals surface area contributed by atoms with Crippen LogP contribution in [0.3, 0.4) is 0 Å². The summed E-state index contributed by atoms with van der Waals surface area (Å²) in [5.74, 6) is -3.14. The zero-order valence-corrected chi connectivity index (χ0v) is 19.5. The largest absolute Gasteiger partial charge is 0.387 e. The summed E-state index contributed by atoms with van der Waals surface area (Å²) in [5.41, 5.74) is -1.71. The highest BCUT2D eigenvalue weighted by atomic mass is 31.2. The summed E-state index contributed by atoms with van der Waals surface area (Å²) in [7, 11) is -9.68. The normalized spacial score (nSPS) is 24.4. The van der Waals surface area contributed by atoms with Gasteiger partial charge in [-0.15, -0.1) is 0 Å². The van der Waals surface area contributed by atoms with E-state index in [1.165, 1.54) is 0 Å². The third-order valence-corrected chi connectivity index (χ3v) is 8.59. The lowest BCUT2D eigenvalue weighted by Crippen LogP contribution is -2.43. The number of hydrogen-bond acceptors (Lipinski definition) is 8. The molecule has 0 saturated carbocycles. The Kier molecular flexibility index (Phi) is 8.26. The highest BCUT2D eigenvalue weighted by Gasteiger charge is 2.45. The second kappa shape index (κ2) is 10.5. The lowest BCUT2D eigenvalue weighted by Gasteiger charge is -2.19. The van der Waals surface area contributed by atoms with Crippen LogP contribution < -0.4 is 11.2 Å². The van der Waals surface area contributed by atoms with Gasteiger partial charge in [0.2, 0.25) is 0 Å². The molecule has 1 aromatic carbocycles. The minimum Gasteiger partial charge on any atom is -0.387 e. The van der Waals surface area contributed by atoms with Crippen LogP contribution in [0.25, 0.3) is 0 Å². The molecule has 0 amide bonds. The molecule has 5 N–H and O–H groups in total. The van der Waals surface area contributed by atoms with Crippen LogP contribution in [0.1, 0.15) is 11.8 Å². The van der Waals surface area contributed by atoms with Crippen molar-refractivity contribution < 1.29 is 52.1 Å². The molecular weight excluding hydrogens is 520 g/mol. The average Bonchev–Trinajstić information content (AvgIpc) is 3.00. The van der Waals surface area contributed by atoms with Gasteiger partial charge in [0.05, 0.1) is 6.61 Å². The van der Waals surface area contributed by atoms with Crippen molar-refractivity contribution in [3.63, 3.8) is 0 Å². The number of nitrogens with zero attached hydrogens (tertiary/aromatic N) is 2. The number of aryl methyl sites for hydroxylation is 1. The van der Waals surface area contributed by atoms with Crippen molar-refractivity contribution in [3.8, 4) is 0 Å². The van der Waals surface area contributed by atoms with Crippen LogP contribution in [0.2, 0.25) is 0 Å². The molecule has 1 aliphatic heterocycles. The van der Waals surface area contributed by atoms with E-state index in [1.807, 2.05) is 0 Å². The number of hydrogen-bond donors (Lipinski definition) is 5. The van der Waals surface area contributed by atoms with Gasteiger partial charge in [0.15, 0.2) is 12.1 Å². The average molecular weight is 542 g/mol. The molecule has 35 heavy (non-hydrogen) atoms. The molecule has 3 rings (SSSR count). The molecule has 1 saturated heterocycles. The zero-order chi connectivity index (χ0) is 26.1. The second-order valence-electron chi connectivity index (χ2n) is 7.77. The van der Waals surface area contributed by atoms with Gasteiger partial charge >= 0.3 is 20.9 Å². The maximum Gasteiger partial charge on any atom is 0.340 e. The molecule has 17 heteroatoms. The number of aromatic nitrogens is 2. The Morgan fingerprint density at radius 2 is 1.74 bits per heavy atom. The number of ether oxygens (including phenoxy) is 1. The third-order valence-electron chi connectivity index (χ3n) is 5.13. The standard InChI is InChI=1S/C18H22F2N2O11P2/c19-11-2-1-10(12(20)7-11)3-5-21-14(23)4-6-22(18(21)26)17-16(25)15(24)13(33-17)8-32-35(30,31)9-34(27,28)29/h1-2,4,6-7,13,15-17,24-25H,3,5,8-9H2,(H,30,31)(H2,27,28,29)/t13-,15+,16?,17-/m1/s1. The number of rotatable bonds is 9. The van der Waals surface area contributed by atoms with E-state index in [2.05, 4.69) is 4.52 Å². The lowest BCUT2D eigenvalue weighted by atomic mass is 10.1. The summed E-state index contributed by atoms with van der Waals surface area (Å²) in [6, 6.07) is 3.78. The van der Waals surface area contributed by atoms with Gasteiger partial charge in [-0.2, -0.15) is 0 Å². The predicted molar refractivity (Wildman–Crippen MR) is 114 cm³/mol. The fraction of sp³-hybridized carbons (Fsp3) is 0.444. The highest BCUT2D eigenvalue weighted by molar-refractivity contribution is 7.70. The van der Waals surface area contributed by atoms with E-state index < -0.39 is 75.1 Å². The van der Waals surface area contributed by atoms with Crippen molar-refractivity contribution >= 4 is 15.2 Å². The maximum absolute atomic E-state index is 13.9. The Morgan fingerprint density at radius 1 is 1.06 bits per heavy atom. The predicted octanol–water partition coefficient (Wildman–Crippen LogP) is -0.513. The fourth-order valence-electron chi connectivity index (χ4n) is 3.45. The van der Waals surface area contributed by atoms with Crippen molar-refractivity contribution in [2.75, 3.05) is 12.5 Å². The lowest BCUT2D eigenvalue weighted by molar-refractivity contribution is -0.0530. The van der Waals surface area contributed by atoms with Gasteiger partial charge in [-0.25, -0.2) is 13.6 Å². The molecule has 0 spiro atoms. The van der Waals surface area contributed by atoms with Gasteiger partial charge in [0.1, 0.15) is 29.9 Å². The van der Waals surface area contributed by atoms with E-state index >= 15 is 0 Å². The molecular formula is C18H22F2N2O11P2. The summed E-state index contributed by atoms with van der Waals surface area (Å²) in [6.07, 6.45) is -5.72. The van der Waals surface area contributed by atoms with Crippen LogP contribution >= 0.6 is 15.2 Å². The molecule has 1 fully saturated rings. The first-order valence-corrected chi connectivity index (χ1v) is 13.5. The fourth-order valence-corrected chi connectivity index (χ4v) is 6.02. The van der Waals surface area contributed by atoms with E-state index in [1.54, 1.807) is 0 Å². The van der Waals surface area contributed by atoms with Crippen LogP contribution in [0.4, 0.5) is 8.78 Å². The highest BCUT2D eigenvalue weighted by Crippen LogP contribution is 2.55. The number of aliphatic hydroxyl groups is 2. The molecule has 2 heterocycles. The van der Waals surface area contributed by atoms with Crippen molar-refractivity contribution in [1.29, 1.82) is 0 Å². The molecule has 194 valence electrons. The van der Waals surface area contributed by atoms with Gasteiger partial charge in [0.25, 0.3) is 5.56 Å². The van der Waals surface area contributed by atoms with Crippen LogP contribution in [-0.2, 0) is 31.4 Å². The molecule has 13 nitrogen and oxygen atoms in total. The summed E-state index contributed by atoms with van der Waals surface area (Å²) >= 11 is 0. The van der Waals surface area contributed by atoms with E-state index in [9.17, 15) is 42.6 Å². The van der Waals surface area contributed by atoms with E-state index in [0.717, 1.165) is 29.0 Å². The summed E-state index contributed by atoms with van der Waals surface area (Å²) < 4.78 is 61.1. The SMILES string of the molecule is O=c1ccn([C@@H]2O[C@H](COP(=O)(O)CP(=O)(O)O)[C@H](O)C2O)c(=O)n1CCc1ccc(F)cc1F. The van der Waals surface area contributed by atoms with Gasteiger partial charge < -0.3 is 34.2 Å². The van der Waals surface area contributed by atoms with Gasteiger partial charge in [-0.05, 0) is 18.1 Å². The Hall–Kier alpha value is -2.06. The smallest absolute Gasteiger partial charge is 0.340 e. The number of benzene rings is 1. The van der Waals surface area contributed by atoms with Crippen LogP contribution in [0, 0.1) is 11.6 Å². The third kappa shape index (κ3) is 6.79. The van der Waals surface area contributed by atoms with Crippen molar-refractivity contribution in [2.24, 2.45) is 0 Å². The molecule has 2 unspecified atom stereocenters. The van der Waals surface area contributed by atoms with E-state index in [0.29, 0.717) is 10.6 Å². The summed E-state index contributed by atoms with van der Waals surface area (Å²) in [4.78, 5) is 52.3. The van der Waals surface area contributed by atoms with Crippen molar-refractivity contribution in [1.82, 2.24) is 9.13 Å². The zero-order valence-electron chi connectivity index (χ0n) is 17.8. The summed E-state index contributed by atoms with van der Waals surface area (Å²) in [6.45, 7) is -1.17. The second-order valence-corrected chi connectivity index (χ2v) is 11.8. The first-order valence-electron chi connectivity index (χ1n) is 9.97. The number of halogens is 2. The maximum atomic E-state index is 13.9. The van der Waals surface area contributed by atoms with E-state index in [-0.39, 0.29) is 18.5 Å². The Balaban J connectivity index is 1.77. The molecule has 0 radical (unpaired) electrons. The van der Waals surface area contributed by atoms with Gasteiger partial charge in [-0.3, -0.25) is 23.1 Å². The summed E-state index contributed by atoms with van der Waals surface area (Å²) in [5, 5.41) is 20.5. The Labute approximate surface area is 195 Å². The van der Waals surface area contributed by atoms with Crippen LogP contribution in [0.5, 0.6) is 0 Å². The molecule has 2 aromatic rings. The van der Waals surface area contributed by atoms with Crippen molar-refractivity contribution in [3.05, 3.63) is 68.5 Å². The Bertz CT molecular complexity index is 1290. The van der Waals surface area contributed by atoms with E-state index in [4.69, 9.17) is 14.5 Å². The quantitative estimate of drug-likeness (QED) is 0.256. The minimum absolute atomic E-state index is 0.0432. The van der Waals surface area contributed by atoms with Crippen molar-refractivity contribution in [2.45, 2.75) is 37.5 Å². The topological polar surface area (TPSA) is 198 Å². The molecule has 0 bridgehead atoms. The monoisotopic (exact) mass is 542 g/mol. The first kappa shape index (κ1) is 27.5. The Morgan fingerprint density at radius 3 is 2.37 bits per heavy atom. The first-order chi connectivity index (χ1) is 16.2. The molecule has 5 atom stereocenters. The number of aliphatic hydroxyl groups excluding tert-OH is 2.